The predicted molar refractivity (Wildman–Crippen MR) is 78.1 cm³/mol. The Labute approximate surface area is 109 Å². The van der Waals surface area contributed by atoms with Crippen LogP contribution in [0.1, 0.15) is 25.3 Å². The van der Waals surface area contributed by atoms with E-state index < -0.39 is 0 Å². The Morgan fingerprint density at radius 1 is 1.17 bits per heavy atom. The maximum atomic E-state index is 5.64. The summed E-state index contributed by atoms with van der Waals surface area (Å²) in [6.07, 6.45) is 6.52. The van der Waals surface area contributed by atoms with Gasteiger partial charge in [0.15, 0.2) is 0 Å². The van der Waals surface area contributed by atoms with Crippen LogP contribution in [0.15, 0.2) is 66.5 Å². The van der Waals surface area contributed by atoms with E-state index in [-0.39, 0.29) is 0 Å². The van der Waals surface area contributed by atoms with E-state index in [1.54, 1.807) is 24.4 Å². The van der Waals surface area contributed by atoms with Crippen LogP contribution in [0, 0.1) is 0 Å². The van der Waals surface area contributed by atoms with Crippen molar-refractivity contribution in [2.75, 3.05) is 0 Å². The van der Waals surface area contributed by atoms with E-state index in [1.165, 1.54) is 5.56 Å². The summed E-state index contributed by atoms with van der Waals surface area (Å²) in [7, 11) is 0. The molecule has 94 valence electrons. The fraction of sp³-hybridized carbons (Fsp3) is 0.188. The van der Waals surface area contributed by atoms with Crippen molar-refractivity contribution in [3.8, 4) is 5.75 Å². The van der Waals surface area contributed by atoms with Gasteiger partial charge in [-0.15, -0.1) is 0 Å². The fourth-order valence-corrected chi connectivity index (χ4v) is 1.37. The summed E-state index contributed by atoms with van der Waals surface area (Å²) < 4.78 is 5.64. The summed E-state index contributed by atoms with van der Waals surface area (Å²) in [5.74, 6) is 1.76. The Kier molecular flexibility index (Phi) is 5.65. The first-order valence-corrected chi connectivity index (χ1v) is 5.93. The van der Waals surface area contributed by atoms with Crippen LogP contribution in [-0.4, -0.2) is 6.21 Å². The third kappa shape index (κ3) is 4.42. The molecule has 1 aromatic rings. The highest BCUT2D eigenvalue weighted by atomic mass is 16.5. The molecule has 0 spiro atoms. The second-order valence-electron chi connectivity index (χ2n) is 4.08. The molecule has 0 atom stereocenters. The predicted octanol–water partition coefficient (Wildman–Crippen LogP) is 4.47. The Morgan fingerprint density at radius 2 is 1.83 bits per heavy atom. The van der Waals surface area contributed by atoms with Crippen LogP contribution in [0.3, 0.4) is 0 Å². The molecule has 0 radical (unpaired) electrons. The summed E-state index contributed by atoms with van der Waals surface area (Å²) in [4.78, 5) is 4.11. The van der Waals surface area contributed by atoms with Gasteiger partial charge in [-0.05, 0) is 23.6 Å². The molecule has 0 fully saturated rings. The monoisotopic (exact) mass is 241 g/mol. The lowest BCUT2D eigenvalue weighted by Gasteiger charge is -2.08. The number of hydrogen-bond donors (Lipinski definition) is 0. The van der Waals surface area contributed by atoms with Gasteiger partial charge in [-0.25, -0.2) is 4.99 Å². The third-order valence-corrected chi connectivity index (χ3v) is 2.34. The number of allylic oxidation sites excluding steroid dienone is 3. The van der Waals surface area contributed by atoms with Gasteiger partial charge in [0.1, 0.15) is 5.75 Å². The van der Waals surface area contributed by atoms with Crippen molar-refractivity contribution >= 4 is 6.21 Å². The summed E-state index contributed by atoms with van der Waals surface area (Å²) >= 11 is 0. The molecule has 0 aliphatic rings. The van der Waals surface area contributed by atoms with Crippen molar-refractivity contribution in [1.82, 2.24) is 0 Å². The quantitative estimate of drug-likeness (QED) is 0.409. The van der Waals surface area contributed by atoms with Crippen molar-refractivity contribution in [1.29, 1.82) is 0 Å². The maximum absolute atomic E-state index is 5.64. The number of benzene rings is 1. The average Bonchev–Trinajstić information content (AvgIpc) is 2.37. The first-order chi connectivity index (χ1) is 8.67. The molecule has 0 saturated heterocycles. The smallest absolute Gasteiger partial charge is 0.219 e. The molecule has 1 rings (SSSR count). The first-order valence-electron chi connectivity index (χ1n) is 5.93. The minimum absolute atomic E-state index is 0.488. The molecular weight excluding hydrogens is 222 g/mol. The molecule has 0 amide bonds. The summed E-state index contributed by atoms with van der Waals surface area (Å²) in [5, 5.41) is 0. The number of ether oxygens (including phenoxy) is 1. The van der Waals surface area contributed by atoms with Gasteiger partial charge in [0.25, 0.3) is 0 Å². The maximum Gasteiger partial charge on any atom is 0.219 e. The van der Waals surface area contributed by atoms with E-state index in [0.717, 1.165) is 5.75 Å². The Balaban J connectivity index is 2.81. The zero-order valence-corrected chi connectivity index (χ0v) is 11.0. The average molecular weight is 241 g/mol. The third-order valence-electron chi connectivity index (χ3n) is 2.34. The van der Waals surface area contributed by atoms with Gasteiger partial charge in [-0.1, -0.05) is 51.3 Å². The molecule has 0 aliphatic carbocycles. The minimum atomic E-state index is 0.488. The highest BCUT2D eigenvalue weighted by Gasteiger charge is 2.01. The van der Waals surface area contributed by atoms with Crippen LogP contribution in [-0.2, 0) is 0 Å². The Morgan fingerprint density at radius 3 is 2.33 bits per heavy atom. The molecule has 0 unspecified atom stereocenters. The number of nitrogens with zero attached hydrogens (tertiary/aromatic N) is 1. The normalized spacial score (nSPS) is 11.8. The molecule has 2 nitrogen and oxygen atoms in total. The molecule has 0 bridgehead atoms. The largest absolute Gasteiger partial charge is 0.439 e. The van der Waals surface area contributed by atoms with Crippen molar-refractivity contribution in [2.24, 2.45) is 4.99 Å². The molecule has 0 saturated carbocycles. The van der Waals surface area contributed by atoms with E-state index in [1.807, 2.05) is 12.1 Å². The van der Waals surface area contributed by atoms with Crippen LogP contribution in [0.4, 0.5) is 0 Å². The lowest BCUT2D eigenvalue weighted by Crippen LogP contribution is -1.93. The highest BCUT2D eigenvalue weighted by Crippen LogP contribution is 2.20. The Hall–Kier alpha value is -2.09. The molecule has 18 heavy (non-hydrogen) atoms. The minimum Gasteiger partial charge on any atom is -0.439 e. The zero-order valence-electron chi connectivity index (χ0n) is 11.0. The van der Waals surface area contributed by atoms with E-state index in [9.17, 15) is 0 Å². The van der Waals surface area contributed by atoms with Gasteiger partial charge in [0, 0.05) is 12.3 Å². The van der Waals surface area contributed by atoms with Crippen LogP contribution >= 0.6 is 0 Å². The lowest BCUT2D eigenvalue weighted by atomic mass is 10.0. The van der Waals surface area contributed by atoms with Gasteiger partial charge >= 0.3 is 0 Å². The van der Waals surface area contributed by atoms with Gasteiger partial charge < -0.3 is 4.74 Å². The molecule has 1 aromatic carbocycles. The van der Waals surface area contributed by atoms with Crippen LogP contribution in [0.25, 0.3) is 0 Å². The van der Waals surface area contributed by atoms with Gasteiger partial charge in [-0.3, -0.25) is 0 Å². The number of hydrogen-bond acceptors (Lipinski definition) is 2. The second kappa shape index (κ2) is 7.28. The van der Waals surface area contributed by atoms with Crippen molar-refractivity contribution < 1.29 is 4.74 Å². The lowest BCUT2D eigenvalue weighted by molar-refractivity contribution is 0.421. The van der Waals surface area contributed by atoms with Crippen LogP contribution in [0.5, 0.6) is 5.75 Å². The second-order valence-corrected chi connectivity index (χ2v) is 4.08. The standard InChI is InChI=1S/C16H19NO/c1-5-7-16(17-12-6-2)18-15-10-8-14(9-11-15)13(3)4/h5-13H,1-2H2,3-4H3/b16-7+,17-12-. The summed E-state index contributed by atoms with van der Waals surface area (Å²) in [6.45, 7) is 11.5. The van der Waals surface area contributed by atoms with Gasteiger partial charge in [0.2, 0.25) is 5.88 Å². The first kappa shape index (κ1) is 14.0. The highest BCUT2D eigenvalue weighted by molar-refractivity contribution is 5.71. The van der Waals surface area contributed by atoms with E-state index in [2.05, 4.69) is 44.1 Å². The van der Waals surface area contributed by atoms with Gasteiger partial charge in [0.05, 0.1) is 0 Å². The van der Waals surface area contributed by atoms with Gasteiger partial charge in [-0.2, -0.15) is 0 Å². The fourth-order valence-electron chi connectivity index (χ4n) is 1.37. The molecule has 0 aromatic heterocycles. The van der Waals surface area contributed by atoms with E-state index >= 15 is 0 Å². The molecular formula is C16H19NO. The topological polar surface area (TPSA) is 21.6 Å². The number of rotatable bonds is 6. The number of aliphatic imine (C=N–C) groups is 1. The summed E-state index contributed by atoms with van der Waals surface area (Å²) in [5.41, 5.74) is 1.28. The van der Waals surface area contributed by atoms with Crippen LogP contribution < -0.4 is 4.74 Å². The van der Waals surface area contributed by atoms with Crippen LogP contribution in [0.2, 0.25) is 0 Å². The molecule has 0 N–H and O–H groups in total. The van der Waals surface area contributed by atoms with Crippen molar-refractivity contribution in [2.45, 2.75) is 19.8 Å². The van der Waals surface area contributed by atoms with Crippen molar-refractivity contribution in [3.63, 3.8) is 0 Å². The molecule has 2 heteroatoms. The molecule has 0 heterocycles. The van der Waals surface area contributed by atoms with E-state index in [0.29, 0.717) is 11.8 Å². The Bertz CT molecular complexity index is 452. The summed E-state index contributed by atoms with van der Waals surface area (Å²) in [6, 6.07) is 8.00. The SMILES string of the molecule is C=C/C=N\C(=C/C=C)Oc1ccc(C(C)C)cc1. The zero-order chi connectivity index (χ0) is 13.4. The van der Waals surface area contributed by atoms with E-state index in [4.69, 9.17) is 4.74 Å². The molecule has 0 aliphatic heterocycles. The van der Waals surface area contributed by atoms with Crippen molar-refractivity contribution in [3.05, 3.63) is 67.1 Å².